The number of nitrogens with one attached hydrogen (secondary N) is 1. The Kier molecular flexibility index (Phi) is 6.10. The van der Waals surface area contributed by atoms with E-state index in [0.717, 1.165) is 48.8 Å². The number of rotatable bonds is 4. The van der Waals surface area contributed by atoms with Crippen LogP contribution in [0.1, 0.15) is 24.0 Å². The number of hydrogen-bond acceptors (Lipinski definition) is 3. The third kappa shape index (κ3) is 4.80. The molecule has 1 fully saturated rings. The van der Waals surface area contributed by atoms with Crippen LogP contribution in [0.2, 0.25) is 10.0 Å². The van der Waals surface area contributed by atoms with Crippen LogP contribution in [0.15, 0.2) is 42.5 Å². The van der Waals surface area contributed by atoms with Crippen molar-refractivity contribution in [1.82, 2.24) is 10.2 Å². The van der Waals surface area contributed by atoms with Crippen LogP contribution in [0.4, 0.5) is 0 Å². The highest BCUT2D eigenvalue weighted by Crippen LogP contribution is 2.30. The van der Waals surface area contributed by atoms with Crippen LogP contribution >= 0.6 is 23.2 Å². The molecule has 0 saturated carbocycles. The number of hydrogen-bond donors (Lipinski definition) is 1. The van der Waals surface area contributed by atoms with Crippen molar-refractivity contribution in [3.05, 3.63) is 63.6 Å². The molecule has 1 saturated heterocycles. The van der Waals surface area contributed by atoms with E-state index >= 15 is 0 Å². The maximum atomic E-state index is 12.7. The summed E-state index contributed by atoms with van der Waals surface area (Å²) in [4.78, 5) is 15.1. The molecule has 6 heteroatoms. The smallest absolute Gasteiger partial charge is 0.227 e. The number of piperidine rings is 1. The Morgan fingerprint density at radius 3 is 2.54 bits per heavy atom. The summed E-state index contributed by atoms with van der Waals surface area (Å²) in [7, 11) is 0. The lowest BCUT2D eigenvalue weighted by molar-refractivity contribution is -0.127. The number of amides is 1. The third-order valence-corrected chi connectivity index (χ3v) is 6.04. The molecule has 0 spiro atoms. The Balaban J connectivity index is 1.25. The topological polar surface area (TPSA) is 41.6 Å². The fourth-order valence-corrected chi connectivity index (χ4v) is 4.25. The maximum Gasteiger partial charge on any atom is 0.227 e. The van der Waals surface area contributed by atoms with Crippen molar-refractivity contribution >= 4 is 29.1 Å². The normalized spacial score (nSPS) is 20.3. The molecule has 2 aromatic carbocycles. The number of likely N-dealkylation sites (tertiary alicyclic amines) is 1. The molecule has 1 N–H and O–H groups in total. The Morgan fingerprint density at radius 1 is 1.07 bits per heavy atom. The summed E-state index contributed by atoms with van der Waals surface area (Å²) in [5.41, 5.74) is 2.28. The molecule has 0 aromatic heterocycles. The van der Waals surface area contributed by atoms with Gasteiger partial charge in [-0.3, -0.25) is 9.69 Å². The summed E-state index contributed by atoms with van der Waals surface area (Å²) in [6.45, 7) is 3.31. The van der Waals surface area contributed by atoms with Gasteiger partial charge in [0.15, 0.2) is 0 Å². The van der Waals surface area contributed by atoms with E-state index in [1.165, 1.54) is 5.56 Å². The molecule has 28 heavy (non-hydrogen) atoms. The van der Waals surface area contributed by atoms with Crippen LogP contribution in [0, 0.1) is 5.92 Å². The van der Waals surface area contributed by atoms with Crippen LogP contribution < -0.4 is 10.1 Å². The molecule has 0 aliphatic carbocycles. The fourth-order valence-electron chi connectivity index (χ4n) is 3.93. The third-order valence-electron chi connectivity index (χ3n) is 5.55. The number of carbonyl (C=O) groups is 1. The molecule has 0 bridgehead atoms. The molecular weight excluding hydrogens is 395 g/mol. The monoisotopic (exact) mass is 418 g/mol. The molecule has 2 aromatic rings. The van der Waals surface area contributed by atoms with Gasteiger partial charge in [-0.05, 0) is 60.7 Å². The SMILES string of the molecule is O=C(NC1CCN(Cc2ccc(Cl)cc2)CC1)[C@@H]1COc2ccc(Cl)cc2C1. The number of benzene rings is 2. The highest BCUT2D eigenvalue weighted by molar-refractivity contribution is 6.30. The molecule has 1 amide bonds. The van der Waals surface area contributed by atoms with Crippen LogP contribution in [-0.2, 0) is 17.8 Å². The van der Waals surface area contributed by atoms with Crippen LogP contribution in [0.25, 0.3) is 0 Å². The van der Waals surface area contributed by atoms with Crippen molar-refractivity contribution in [2.75, 3.05) is 19.7 Å². The van der Waals surface area contributed by atoms with E-state index in [1.54, 1.807) is 0 Å². The quantitative estimate of drug-likeness (QED) is 0.803. The molecule has 148 valence electrons. The number of nitrogens with zero attached hydrogens (tertiary/aromatic N) is 1. The average molecular weight is 419 g/mol. The highest BCUT2D eigenvalue weighted by Gasteiger charge is 2.29. The summed E-state index contributed by atoms with van der Waals surface area (Å²) >= 11 is 12.0. The van der Waals surface area contributed by atoms with Gasteiger partial charge in [0.05, 0.1) is 5.92 Å². The summed E-state index contributed by atoms with van der Waals surface area (Å²) in [5, 5.41) is 4.67. The Morgan fingerprint density at radius 2 is 1.79 bits per heavy atom. The van der Waals surface area contributed by atoms with Gasteiger partial charge in [0, 0.05) is 35.7 Å². The standard InChI is InChI=1S/C22H24Cl2N2O2/c23-18-3-1-15(2-4-18)13-26-9-7-20(8-10-26)25-22(27)17-11-16-12-19(24)5-6-21(16)28-14-17/h1-6,12,17,20H,7-11,13-14H2,(H,25,27)/t17-/m0/s1. The minimum absolute atomic E-state index is 0.0850. The van der Waals surface area contributed by atoms with Gasteiger partial charge < -0.3 is 10.1 Å². The molecule has 4 rings (SSSR count). The highest BCUT2D eigenvalue weighted by atomic mass is 35.5. The van der Waals surface area contributed by atoms with Crippen molar-refractivity contribution in [3.8, 4) is 5.75 Å². The van der Waals surface area contributed by atoms with E-state index in [4.69, 9.17) is 27.9 Å². The van der Waals surface area contributed by atoms with E-state index in [0.29, 0.717) is 18.1 Å². The molecule has 2 aliphatic heterocycles. The lowest BCUT2D eigenvalue weighted by atomic mass is 9.95. The first kappa shape index (κ1) is 19.6. The predicted molar refractivity (Wildman–Crippen MR) is 112 cm³/mol. The lowest BCUT2D eigenvalue weighted by Gasteiger charge is -2.33. The summed E-state index contributed by atoms with van der Waals surface area (Å²) in [6, 6.07) is 13.8. The Bertz CT molecular complexity index is 833. The molecule has 4 nitrogen and oxygen atoms in total. The van der Waals surface area contributed by atoms with Gasteiger partial charge in [0.2, 0.25) is 5.91 Å². The first-order valence-electron chi connectivity index (χ1n) is 9.75. The van der Waals surface area contributed by atoms with Gasteiger partial charge in [0.25, 0.3) is 0 Å². The number of carbonyl (C=O) groups excluding carboxylic acids is 1. The van der Waals surface area contributed by atoms with Crippen LogP contribution in [0.5, 0.6) is 5.75 Å². The van der Waals surface area contributed by atoms with Gasteiger partial charge in [-0.15, -0.1) is 0 Å². The first-order valence-corrected chi connectivity index (χ1v) is 10.5. The number of ether oxygens (including phenoxy) is 1. The zero-order valence-corrected chi connectivity index (χ0v) is 17.2. The van der Waals surface area contributed by atoms with Gasteiger partial charge in [-0.1, -0.05) is 35.3 Å². The van der Waals surface area contributed by atoms with E-state index in [-0.39, 0.29) is 17.9 Å². The molecule has 1 atom stereocenters. The Labute approximate surface area is 175 Å². The first-order chi connectivity index (χ1) is 13.6. The largest absolute Gasteiger partial charge is 0.492 e. The van der Waals surface area contributed by atoms with Gasteiger partial charge in [-0.25, -0.2) is 0 Å². The average Bonchev–Trinajstić information content (AvgIpc) is 2.70. The van der Waals surface area contributed by atoms with Gasteiger partial charge in [0.1, 0.15) is 12.4 Å². The van der Waals surface area contributed by atoms with Gasteiger partial charge in [-0.2, -0.15) is 0 Å². The predicted octanol–water partition coefficient (Wildman–Crippen LogP) is 4.33. The number of fused-ring (bicyclic) bond motifs is 1. The second kappa shape index (κ2) is 8.73. The summed E-state index contributed by atoms with van der Waals surface area (Å²) in [5.74, 6) is 0.767. The molecular formula is C22H24Cl2N2O2. The lowest BCUT2D eigenvalue weighted by Crippen LogP contribution is -2.47. The maximum absolute atomic E-state index is 12.7. The van der Waals surface area contributed by atoms with Crippen LogP contribution in [-0.4, -0.2) is 36.5 Å². The Hall–Kier alpha value is -1.75. The van der Waals surface area contributed by atoms with Crippen molar-refractivity contribution in [3.63, 3.8) is 0 Å². The fraction of sp³-hybridized carbons (Fsp3) is 0.409. The zero-order chi connectivity index (χ0) is 19.5. The van der Waals surface area contributed by atoms with Crippen molar-refractivity contribution in [2.24, 2.45) is 5.92 Å². The molecule has 2 aliphatic rings. The van der Waals surface area contributed by atoms with Crippen molar-refractivity contribution in [1.29, 1.82) is 0 Å². The molecule has 0 unspecified atom stereocenters. The second-order valence-corrected chi connectivity index (χ2v) is 8.52. The van der Waals surface area contributed by atoms with E-state index < -0.39 is 0 Å². The van der Waals surface area contributed by atoms with Crippen LogP contribution in [0.3, 0.4) is 0 Å². The van der Waals surface area contributed by atoms with E-state index in [2.05, 4.69) is 22.3 Å². The minimum atomic E-state index is -0.155. The minimum Gasteiger partial charge on any atom is -0.492 e. The zero-order valence-electron chi connectivity index (χ0n) is 15.7. The van der Waals surface area contributed by atoms with E-state index in [9.17, 15) is 4.79 Å². The van der Waals surface area contributed by atoms with Gasteiger partial charge >= 0.3 is 0 Å². The second-order valence-electron chi connectivity index (χ2n) is 7.65. The summed E-state index contributed by atoms with van der Waals surface area (Å²) < 4.78 is 5.76. The van der Waals surface area contributed by atoms with Crippen molar-refractivity contribution < 1.29 is 9.53 Å². The molecule has 2 heterocycles. The number of halogens is 2. The summed E-state index contributed by atoms with van der Waals surface area (Å²) in [6.07, 6.45) is 2.61. The van der Waals surface area contributed by atoms with Crippen molar-refractivity contribution in [2.45, 2.75) is 31.8 Å². The molecule has 0 radical (unpaired) electrons. The van der Waals surface area contributed by atoms with E-state index in [1.807, 2.05) is 30.3 Å².